The predicted octanol–water partition coefficient (Wildman–Crippen LogP) is 13.4. The van der Waals surface area contributed by atoms with Gasteiger partial charge in [-0.25, -0.2) is 4.57 Å². The molecule has 0 radical (unpaired) electrons. The Morgan fingerprint density at radius 2 is 1.00 bits per heavy atom. The first-order valence-corrected chi connectivity index (χ1v) is 24.2. The molecule has 0 amide bonds. The van der Waals surface area contributed by atoms with Crippen LogP contribution in [0.2, 0.25) is 0 Å². The molecule has 8 nitrogen and oxygen atoms in total. The Morgan fingerprint density at radius 3 is 1.53 bits per heavy atom. The number of allylic oxidation sites excluding steroid dienone is 6. The molecule has 0 aliphatic rings. The van der Waals surface area contributed by atoms with Gasteiger partial charge in [0.2, 0.25) is 0 Å². The summed E-state index contributed by atoms with van der Waals surface area (Å²) in [5, 5.41) is 0. The van der Waals surface area contributed by atoms with E-state index in [0.29, 0.717) is 24.1 Å². The highest BCUT2D eigenvalue weighted by atomic mass is 31.2. The van der Waals surface area contributed by atoms with Crippen molar-refractivity contribution in [2.24, 2.45) is 0 Å². The minimum Gasteiger partial charge on any atom is -0.457 e. The molecule has 0 aliphatic heterocycles. The number of phosphoric acid groups is 1. The number of rotatable bonds is 42. The molecule has 0 heterocycles. The molecular formula is C46H89NO7P+. The molecule has 0 fully saturated rings. The van der Waals surface area contributed by atoms with Gasteiger partial charge in [-0.1, -0.05) is 172 Å². The summed E-state index contributed by atoms with van der Waals surface area (Å²) in [5.41, 5.74) is 0. The van der Waals surface area contributed by atoms with Gasteiger partial charge in [0.05, 0.1) is 34.4 Å². The van der Waals surface area contributed by atoms with Gasteiger partial charge in [0.25, 0.3) is 0 Å². The van der Waals surface area contributed by atoms with Gasteiger partial charge in [-0.15, -0.1) is 0 Å². The summed E-state index contributed by atoms with van der Waals surface area (Å²) < 4.78 is 35.0. The molecule has 1 N–H and O–H groups in total. The standard InChI is InChI=1S/C46H88NO7P/c1-6-8-10-12-14-16-18-20-22-23-24-25-26-27-29-31-33-35-37-39-46(48)54-45(44-53-55(49,50)52-42-40-47(3,4)5)43-51-41-38-36-34-32-30-28-21-19-17-15-13-11-9-7-2/h14,16,20,22,24-25,45H,6-13,15,17-19,21,23,26-44H2,1-5H3/p+1/b16-14-,22-20-,25-24-. The van der Waals surface area contributed by atoms with Gasteiger partial charge in [-0.05, 0) is 51.4 Å². The van der Waals surface area contributed by atoms with Crippen LogP contribution < -0.4 is 0 Å². The van der Waals surface area contributed by atoms with Crippen molar-refractivity contribution in [3.63, 3.8) is 0 Å². The molecule has 0 aliphatic carbocycles. The third-order valence-corrected chi connectivity index (χ3v) is 10.7. The first-order chi connectivity index (χ1) is 26.6. The van der Waals surface area contributed by atoms with Crippen LogP contribution in [-0.4, -0.2) is 75.6 Å². The maximum Gasteiger partial charge on any atom is 0.472 e. The van der Waals surface area contributed by atoms with Gasteiger partial charge in [0.15, 0.2) is 0 Å². The monoisotopic (exact) mass is 799 g/mol. The molecule has 0 aromatic carbocycles. The van der Waals surface area contributed by atoms with Crippen molar-refractivity contribution in [2.45, 2.75) is 200 Å². The highest BCUT2D eigenvalue weighted by Gasteiger charge is 2.26. The molecule has 9 heteroatoms. The lowest BCUT2D eigenvalue weighted by atomic mass is 10.0. The molecule has 0 aromatic heterocycles. The first kappa shape index (κ1) is 53.7. The van der Waals surface area contributed by atoms with Crippen molar-refractivity contribution >= 4 is 13.8 Å². The van der Waals surface area contributed by atoms with E-state index in [1.54, 1.807) is 0 Å². The fourth-order valence-electron chi connectivity index (χ4n) is 6.15. The number of esters is 1. The molecule has 0 rings (SSSR count). The number of carbonyl (C=O) groups excluding carboxylic acids is 1. The second-order valence-corrected chi connectivity index (χ2v) is 17.9. The van der Waals surface area contributed by atoms with E-state index in [0.717, 1.165) is 57.8 Å². The largest absolute Gasteiger partial charge is 0.472 e. The van der Waals surface area contributed by atoms with Crippen LogP contribution in [0.4, 0.5) is 0 Å². The molecule has 2 unspecified atom stereocenters. The number of nitrogens with zero attached hydrogens (tertiary/aromatic N) is 1. The SMILES string of the molecule is CCCCC/C=C\C/C=C\C/C=C\CCCCCCCCC(=O)OC(COCCCCCCCCCCCCCCCC)COP(=O)(O)OCC[N+](C)(C)C. The van der Waals surface area contributed by atoms with Crippen LogP contribution in [0.5, 0.6) is 0 Å². The Labute approximate surface area is 340 Å². The number of phosphoric ester groups is 1. The van der Waals surface area contributed by atoms with Crippen molar-refractivity contribution in [3.8, 4) is 0 Å². The molecule has 0 spiro atoms. The topological polar surface area (TPSA) is 91.3 Å². The van der Waals surface area contributed by atoms with E-state index in [4.69, 9.17) is 18.5 Å². The smallest absolute Gasteiger partial charge is 0.457 e. The summed E-state index contributed by atoms with van der Waals surface area (Å²) in [6.45, 7) is 5.60. The van der Waals surface area contributed by atoms with Crippen molar-refractivity contribution in [1.82, 2.24) is 0 Å². The van der Waals surface area contributed by atoms with Crippen LogP contribution in [0, 0.1) is 0 Å². The van der Waals surface area contributed by atoms with Gasteiger partial charge >= 0.3 is 13.8 Å². The van der Waals surface area contributed by atoms with E-state index in [1.807, 2.05) is 21.1 Å². The third-order valence-electron chi connectivity index (χ3n) is 9.70. The summed E-state index contributed by atoms with van der Waals surface area (Å²) in [6.07, 6.45) is 46.0. The third kappa shape index (κ3) is 43.7. The minimum atomic E-state index is -4.28. The van der Waals surface area contributed by atoms with E-state index in [1.165, 1.54) is 116 Å². The van der Waals surface area contributed by atoms with Gasteiger partial charge < -0.3 is 18.9 Å². The van der Waals surface area contributed by atoms with E-state index in [-0.39, 0.29) is 25.8 Å². The number of likely N-dealkylation sites (N-methyl/N-ethyl adjacent to an activating group) is 1. The summed E-state index contributed by atoms with van der Waals surface area (Å²) in [6, 6.07) is 0. The van der Waals surface area contributed by atoms with Gasteiger partial charge in [0.1, 0.15) is 19.3 Å². The lowest BCUT2D eigenvalue weighted by Crippen LogP contribution is -2.37. The second kappa shape index (κ2) is 39.5. The zero-order valence-corrected chi connectivity index (χ0v) is 37.6. The molecule has 0 saturated heterocycles. The van der Waals surface area contributed by atoms with Crippen molar-refractivity contribution < 1.29 is 37.3 Å². The number of quaternary nitrogens is 1. The number of hydrogen-bond acceptors (Lipinski definition) is 6. The lowest BCUT2D eigenvalue weighted by molar-refractivity contribution is -0.870. The van der Waals surface area contributed by atoms with Crippen LogP contribution in [0.25, 0.3) is 0 Å². The summed E-state index contributed by atoms with van der Waals surface area (Å²) in [7, 11) is 1.66. The van der Waals surface area contributed by atoms with Gasteiger partial charge in [-0.2, -0.15) is 0 Å². The van der Waals surface area contributed by atoms with Crippen LogP contribution in [-0.2, 0) is 27.9 Å². The Morgan fingerprint density at radius 1 is 0.564 bits per heavy atom. The number of unbranched alkanes of at least 4 members (excludes halogenated alkanes) is 22. The van der Waals surface area contributed by atoms with Gasteiger partial charge in [0, 0.05) is 13.0 Å². The van der Waals surface area contributed by atoms with Crippen LogP contribution >= 0.6 is 7.82 Å². The molecule has 55 heavy (non-hydrogen) atoms. The minimum absolute atomic E-state index is 0.0865. The quantitative estimate of drug-likeness (QED) is 0.0216. The van der Waals surface area contributed by atoms with E-state index >= 15 is 0 Å². The van der Waals surface area contributed by atoms with Crippen LogP contribution in [0.15, 0.2) is 36.5 Å². The highest BCUT2D eigenvalue weighted by Crippen LogP contribution is 2.43. The Hall–Kier alpha value is -1.28. The van der Waals surface area contributed by atoms with Crippen molar-refractivity contribution in [1.29, 1.82) is 0 Å². The molecule has 324 valence electrons. The summed E-state index contributed by atoms with van der Waals surface area (Å²) in [5.74, 6) is -0.324. The number of ether oxygens (including phenoxy) is 2. The maximum atomic E-state index is 12.7. The maximum absolute atomic E-state index is 12.7. The van der Waals surface area contributed by atoms with E-state index < -0.39 is 13.9 Å². The predicted molar refractivity (Wildman–Crippen MR) is 233 cm³/mol. The van der Waals surface area contributed by atoms with Crippen molar-refractivity contribution in [2.75, 3.05) is 54.1 Å². The normalized spacial score (nSPS) is 14.1. The summed E-state index contributed by atoms with van der Waals surface area (Å²) in [4.78, 5) is 22.9. The summed E-state index contributed by atoms with van der Waals surface area (Å²) >= 11 is 0. The Bertz CT molecular complexity index is 978. The molecular weight excluding hydrogens is 709 g/mol. The van der Waals surface area contributed by atoms with Crippen molar-refractivity contribution in [3.05, 3.63) is 36.5 Å². The lowest BCUT2D eigenvalue weighted by Gasteiger charge is -2.24. The fraction of sp³-hybridized carbons (Fsp3) is 0.848. The molecule has 2 atom stereocenters. The van der Waals surface area contributed by atoms with E-state index in [9.17, 15) is 14.3 Å². The fourth-order valence-corrected chi connectivity index (χ4v) is 6.89. The first-order valence-electron chi connectivity index (χ1n) is 22.7. The Balaban J connectivity index is 4.23. The molecule has 0 bridgehead atoms. The van der Waals surface area contributed by atoms with E-state index in [2.05, 4.69) is 50.3 Å². The second-order valence-electron chi connectivity index (χ2n) is 16.4. The average Bonchev–Trinajstić information content (AvgIpc) is 3.13. The highest BCUT2D eigenvalue weighted by molar-refractivity contribution is 7.47. The number of hydrogen-bond donors (Lipinski definition) is 1. The van der Waals surface area contributed by atoms with Gasteiger partial charge in [-0.3, -0.25) is 13.8 Å². The zero-order valence-electron chi connectivity index (χ0n) is 36.7. The van der Waals surface area contributed by atoms with Crippen LogP contribution in [0.1, 0.15) is 194 Å². The zero-order chi connectivity index (χ0) is 40.6. The average molecular weight is 799 g/mol. The molecule has 0 aromatic rings. The Kier molecular flexibility index (Phi) is 38.6. The molecule has 0 saturated carbocycles. The number of carbonyl (C=O) groups is 1. The van der Waals surface area contributed by atoms with Crippen LogP contribution in [0.3, 0.4) is 0 Å².